The lowest BCUT2D eigenvalue weighted by Gasteiger charge is -2.09. The Morgan fingerprint density at radius 2 is 1.73 bits per heavy atom. The number of H-pyrrole nitrogens is 1. The van der Waals surface area contributed by atoms with Crippen LogP contribution in [0.5, 0.6) is 0 Å². The molecule has 162 valence electrons. The van der Waals surface area contributed by atoms with Gasteiger partial charge in [0.15, 0.2) is 0 Å². The minimum Gasteiger partial charge on any atom is -0.279 e. The molecule has 2 N–H and O–H groups in total. The van der Waals surface area contributed by atoms with Crippen LogP contribution in [0.1, 0.15) is 0 Å². The lowest BCUT2D eigenvalue weighted by Crippen LogP contribution is -2.11. The molecule has 0 bridgehead atoms. The highest BCUT2D eigenvalue weighted by Crippen LogP contribution is 2.39. The highest BCUT2D eigenvalue weighted by atomic mass is 32.2. The first-order chi connectivity index (χ1) is 16.1. The van der Waals surface area contributed by atoms with E-state index in [4.69, 9.17) is 0 Å². The third-order valence-electron chi connectivity index (χ3n) is 5.26. The van der Waals surface area contributed by atoms with Gasteiger partial charge in [-0.1, -0.05) is 24.3 Å². The number of hydrogen-bond acceptors (Lipinski definition) is 6. The van der Waals surface area contributed by atoms with Crippen LogP contribution in [0.2, 0.25) is 0 Å². The fraction of sp³-hybridized carbons (Fsp3) is 0. The first-order valence-corrected chi connectivity index (χ1v) is 13.2. The number of fused-ring (bicyclic) bond motifs is 2. The van der Waals surface area contributed by atoms with Crippen LogP contribution in [0.3, 0.4) is 0 Å². The zero-order chi connectivity index (χ0) is 22.4. The molecular formula is C24H16N4O2S3. The molecule has 0 atom stereocenters. The highest BCUT2D eigenvalue weighted by Gasteiger charge is 2.20. The van der Waals surface area contributed by atoms with E-state index < -0.39 is 10.0 Å². The third-order valence-corrected chi connectivity index (χ3v) is 9.39. The van der Waals surface area contributed by atoms with Gasteiger partial charge in [-0.05, 0) is 53.9 Å². The molecule has 6 aromatic rings. The lowest BCUT2D eigenvalue weighted by molar-refractivity contribution is 0.603. The Kier molecular flexibility index (Phi) is 4.75. The summed E-state index contributed by atoms with van der Waals surface area (Å²) < 4.78 is 30.5. The summed E-state index contributed by atoms with van der Waals surface area (Å²) in [7, 11) is -3.76. The molecule has 0 aliphatic carbocycles. The van der Waals surface area contributed by atoms with E-state index in [1.54, 1.807) is 41.9 Å². The zero-order valence-corrected chi connectivity index (χ0v) is 19.5. The molecule has 0 aliphatic heterocycles. The van der Waals surface area contributed by atoms with E-state index in [9.17, 15) is 8.42 Å². The van der Waals surface area contributed by atoms with Gasteiger partial charge in [0.05, 0.1) is 28.0 Å². The second-order valence-electron chi connectivity index (χ2n) is 7.45. The van der Waals surface area contributed by atoms with Crippen molar-refractivity contribution in [3.05, 3.63) is 85.2 Å². The molecule has 9 heteroatoms. The number of hydrogen-bond donors (Lipinski definition) is 2. The summed E-state index contributed by atoms with van der Waals surface area (Å²) in [5.74, 6) is 0. The van der Waals surface area contributed by atoms with Crippen molar-refractivity contribution in [2.75, 3.05) is 4.72 Å². The molecule has 4 heterocycles. The summed E-state index contributed by atoms with van der Waals surface area (Å²) in [4.78, 5) is 6.15. The van der Waals surface area contributed by atoms with Crippen LogP contribution in [0.4, 0.5) is 5.69 Å². The Bertz CT molecular complexity index is 1680. The average Bonchev–Trinajstić information content (AvgIpc) is 3.58. The minimum absolute atomic E-state index is 0.235. The van der Waals surface area contributed by atoms with E-state index in [0.717, 1.165) is 37.3 Å². The first-order valence-electron chi connectivity index (χ1n) is 10.1. The molecule has 0 spiro atoms. The smallest absolute Gasteiger partial charge is 0.271 e. The quantitative estimate of drug-likeness (QED) is 0.295. The number of nitrogens with one attached hydrogen (secondary N) is 2. The van der Waals surface area contributed by atoms with Gasteiger partial charge >= 0.3 is 0 Å². The van der Waals surface area contributed by atoms with Gasteiger partial charge in [0, 0.05) is 26.7 Å². The molecule has 0 amide bonds. The molecule has 6 nitrogen and oxygen atoms in total. The van der Waals surface area contributed by atoms with Crippen LogP contribution >= 0.6 is 22.7 Å². The van der Waals surface area contributed by atoms with E-state index in [-0.39, 0.29) is 4.21 Å². The predicted molar refractivity (Wildman–Crippen MR) is 135 cm³/mol. The van der Waals surface area contributed by atoms with E-state index in [2.05, 4.69) is 38.1 Å². The topological polar surface area (TPSA) is 87.7 Å². The molecular weight excluding hydrogens is 472 g/mol. The zero-order valence-electron chi connectivity index (χ0n) is 17.0. The van der Waals surface area contributed by atoms with Gasteiger partial charge < -0.3 is 0 Å². The Hall–Kier alpha value is -3.53. The second-order valence-corrected chi connectivity index (χ2v) is 11.5. The Labute approximate surface area is 197 Å². The Morgan fingerprint density at radius 1 is 0.848 bits per heavy atom. The number of aromatic nitrogens is 3. The highest BCUT2D eigenvalue weighted by molar-refractivity contribution is 7.94. The summed E-state index contributed by atoms with van der Waals surface area (Å²) in [5, 5.41) is 9.21. The van der Waals surface area contributed by atoms with Gasteiger partial charge in [0.1, 0.15) is 4.21 Å². The monoisotopic (exact) mass is 488 g/mol. The Morgan fingerprint density at radius 3 is 2.58 bits per heavy atom. The summed E-state index contributed by atoms with van der Waals surface area (Å²) >= 11 is 2.85. The van der Waals surface area contributed by atoms with Crippen molar-refractivity contribution in [1.82, 2.24) is 15.2 Å². The normalized spacial score (nSPS) is 11.9. The van der Waals surface area contributed by atoms with Crippen LogP contribution in [-0.4, -0.2) is 23.6 Å². The fourth-order valence-electron chi connectivity index (χ4n) is 3.74. The number of pyridine rings is 1. The second kappa shape index (κ2) is 7.80. The summed E-state index contributed by atoms with van der Waals surface area (Å²) in [6, 6.07) is 22.9. The van der Waals surface area contributed by atoms with Crippen LogP contribution in [0.15, 0.2) is 89.4 Å². The van der Waals surface area contributed by atoms with Crippen molar-refractivity contribution in [3.8, 4) is 21.0 Å². The molecule has 0 unspecified atom stereocenters. The molecule has 0 fully saturated rings. The van der Waals surface area contributed by atoms with Crippen molar-refractivity contribution in [2.45, 2.75) is 4.21 Å². The number of nitrogens with zero attached hydrogens (tertiary/aromatic N) is 2. The molecule has 4 aromatic heterocycles. The molecule has 6 rings (SSSR count). The number of rotatable bonds is 5. The van der Waals surface area contributed by atoms with Crippen molar-refractivity contribution < 1.29 is 8.42 Å². The molecule has 33 heavy (non-hydrogen) atoms. The lowest BCUT2D eigenvalue weighted by atomic mass is 10.1. The van der Waals surface area contributed by atoms with E-state index in [1.807, 2.05) is 36.4 Å². The number of aromatic amines is 1. The number of anilines is 1. The molecule has 0 radical (unpaired) electrons. The molecule has 2 aromatic carbocycles. The van der Waals surface area contributed by atoms with Crippen LogP contribution in [-0.2, 0) is 10.0 Å². The van der Waals surface area contributed by atoms with Gasteiger partial charge in [0.25, 0.3) is 10.0 Å². The number of thiophene rings is 2. The maximum absolute atomic E-state index is 13.2. The van der Waals surface area contributed by atoms with Crippen molar-refractivity contribution >= 4 is 59.4 Å². The van der Waals surface area contributed by atoms with Crippen molar-refractivity contribution in [3.63, 3.8) is 0 Å². The van der Waals surface area contributed by atoms with E-state index >= 15 is 0 Å². The van der Waals surface area contributed by atoms with Crippen molar-refractivity contribution in [1.29, 1.82) is 0 Å². The minimum atomic E-state index is -3.76. The van der Waals surface area contributed by atoms with Crippen molar-refractivity contribution in [2.24, 2.45) is 0 Å². The van der Waals surface area contributed by atoms with Gasteiger partial charge in [0.2, 0.25) is 0 Å². The first kappa shape index (κ1) is 20.1. The van der Waals surface area contributed by atoms with Gasteiger partial charge in [-0.25, -0.2) is 8.42 Å². The van der Waals surface area contributed by atoms with Gasteiger partial charge in [-0.2, -0.15) is 5.10 Å². The third kappa shape index (κ3) is 3.70. The Balaban J connectivity index is 1.39. The molecule has 0 saturated heterocycles. The summed E-state index contributed by atoms with van der Waals surface area (Å²) in [6.07, 6.45) is 3.39. The summed E-state index contributed by atoms with van der Waals surface area (Å²) in [5.41, 5.74) is 3.02. The maximum atomic E-state index is 13.2. The SMILES string of the molecule is O=S(=O)(Nc1cc(-c2cc3ccccc3s2)c2[nH]ncc2c1)c1ccc(-c2ccccn2)s1. The predicted octanol–water partition coefficient (Wildman–Crippen LogP) is 6.37. The van der Waals surface area contributed by atoms with Crippen LogP contribution < -0.4 is 4.72 Å². The van der Waals surface area contributed by atoms with E-state index in [1.165, 1.54) is 16.0 Å². The fourth-order valence-corrected chi connectivity index (χ4v) is 7.15. The summed E-state index contributed by atoms with van der Waals surface area (Å²) in [6.45, 7) is 0. The molecule has 0 saturated carbocycles. The largest absolute Gasteiger partial charge is 0.279 e. The van der Waals surface area contributed by atoms with Crippen LogP contribution in [0, 0.1) is 0 Å². The van der Waals surface area contributed by atoms with Gasteiger partial charge in [-0.3, -0.25) is 14.8 Å². The van der Waals surface area contributed by atoms with E-state index in [0.29, 0.717) is 5.69 Å². The van der Waals surface area contributed by atoms with Gasteiger partial charge in [-0.15, -0.1) is 22.7 Å². The number of benzene rings is 2. The average molecular weight is 489 g/mol. The number of sulfonamides is 1. The molecule has 0 aliphatic rings. The van der Waals surface area contributed by atoms with Crippen LogP contribution in [0.25, 0.3) is 42.0 Å². The maximum Gasteiger partial charge on any atom is 0.271 e. The standard InChI is InChI=1S/C24H16N4O2S3/c29-33(30,23-9-8-21(32-23)19-6-3-4-10-25-19)28-17-11-16-14-26-27-24(16)18(13-17)22-12-15-5-1-2-7-20(15)31-22/h1-14,28H,(H,26,27).